The molecule has 1 aromatic carbocycles. The van der Waals surface area contributed by atoms with Gasteiger partial charge in [-0.15, -0.1) is 0 Å². The molecule has 1 N–H and O–H groups in total. The molecule has 0 saturated carbocycles. The molecule has 1 rings (SSSR count). The Morgan fingerprint density at radius 3 is 2.29 bits per heavy atom. The molecular formula is C12H14F3NO. The number of benzene rings is 1. The maximum absolute atomic E-state index is 13.3. The first-order chi connectivity index (χ1) is 8.01. The maximum atomic E-state index is 13.3. The fraction of sp³-hybridized carbons (Fsp3) is 0.417. The second-order valence-corrected chi connectivity index (χ2v) is 3.71. The molecule has 0 atom stereocenters. The molecule has 0 unspecified atom stereocenters. The van der Waals surface area contributed by atoms with Crippen LogP contribution >= 0.6 is 0 Å². The van der Waals surface area contributed by atoms with Crippen molar-refractivity contribution in [3.05, 3.63) is 35.1 Å². The zero-order chi connectivity index (χ0) is 13.0. The minimum atomic E-state index is -1.62. The van der Waals surface area contributed by atoms with Gasteiger partial charge in [-0.3, -0.25) is 4.79 Å². The lowest BCUT2D eigenvalue weighted by Gasteiger charge is -2.15. The van der Waals surface area contributed by atoms with Gasteiger partial charge >= 0.3 is 0 Å². The van der Waals surface area contributed by atoms with Crippen LogP contribution in [0.4, 0.5) is 13.2 Å². The van der Waals surface area contributed by atoms with Crippen LogP contribution in [0.5, 0.6) is 0 Å². The normalized spacial score (nSPS) is 10.7. The van der Waals surface area contributed by atoms with Crippen LogP contribution in [0.25, 0.3) is 0 Å². The minimum absolute atomic E-state index is 0.102. The number of hydrogen-bond donors (Lipinski definition) is 1. The van der Waals surface area contributed by atoms with Crippen molar-refractivity contribution in [1.29, 1.82) is 0 Å². The fourth-order valence-corrected chi connectivity index (χ4v) is 1.46. The van der Waals surface area contributed by atoms with E-state index in [0.29, 0.717) is 12.8 Å². The zero-order valence-corrected chi connectivity index (χ0v) is 9.69. The quantitative estimate of drug-likeness (QED) is 0.812. The number of rotatable bonds is 4. The second-order valence-electron chi connectivity index (χ2n) is 3.71. The summed E-state index contributed by atoms with van der Waals surface area (Å²) in [5.41, 5.74) is -0.476. The van der Waals surface area contributed by atoms with E-state index in [9.17, 15) is 18.0 Å². The summed E-state index contributed by atoms with van der Waals surface area (Å²) in [6, 6.07) is 1.57. The molecule has 0 radical (unpaired) electrons. The molecule has 1 amide bonds. The van der Waals surface area contributed by atoms with Crippen molar-refractivity contribution in [2.45, 2.75) is 32.7 Å². The van der Waals surface area contributed by atoms with E-state index < -0.39 is 28.9 Å². The van der Waals surface area contributed by atoms with E-state index in [1.165, 1.54) is 0 Å². The molecule has 0 aromatic heterocycles. The van der Waals surface area contributed by atoms with E-state index in [0.717, 1.165) is 12.1 Å². The predicted molar refractivity (Wildman–Crippen MR) is 58.2 cm³/mol. The number of halogens is 3. The van der Waals surface area contributed by atoms with Crippen molar-refractivity contribution in [2.24, 2.45) is 0 Å². The summed E-state index contributed by atoms with van der Waals surface area (Å²) in [6.45, 7) is 3.74. The molecule has 5 heteroatoms. The lowest BCUT2D eigenvalue weighted by molar-refractivity contribution is 0.0929. The van der Waals surface area contributed by atoms with E-state index in [1.54, 1.807) is 0 Å². The van der Waals surface area contributed by atoms with Crippen LogP contribution < -0.4 is 5.32 Å². The molecule has 0 aliphatic heterocycles. The van der Waals surface area contributed by atoms with Crippen LogP contribution in [0.1, 0.15) is 37.0 Å². The summed E-state index contributed by atoms with van der Waals surface area (Å²) in [7, 11) is 0. The number of carbonyl (C=O) groups is 1. The lowest BCUT2D eigenvalue weighted by atomic mass is 10.1. The molecule has 0 saturated heterocycles. The van der Waals surface area contributed by atoms with Crippen molar-refractivity contribution >= 4 is 5.91 Å². The Kier molecular flexibility index (Phi) is 4.54. The first-order valence-electron chi connectivity index (χ1n) is 5.45. The molecule has 0 spiro atoms. The highest BCUT2D eigenvalue weighted by atomic mass is 19.2. The monoisotopic (exact) mass is 245 g/mol. The Labute approximate surface area is 97.8 Å². The molecule has 2 nitrogen and oxygen atoms in total. The SMILES string of the molecule is CCC(CC)NC(=O)c1ccc(F)c(F)c1F. The van der Waals surface area contributed by atoms with Gasteiger partial charge in [0.05, 0.1) is 5.56 Å². The summed E-state index contributed by atoms with van der Waals surface area (Å²) in [4.78, 5) is 11.6. The van der Waals surface area contributed by atoms with Crippen LogP contribution in [-0.2, 0) is 0 Å². The number of nitrogens with one attached hydrogen (secondary N) is 1. The van der Waals surface area contributed by atoms with Gasteiger partial charge in [0.25, 0.3) is 5.91 Å². The van der Waals surface area contributed by atoms with Crippen LogP contribution in [0.3, 0.4) is 0 Å². The highest BCUT2D eigenvalue weighted by Crippen LogP contribution is 2.15. The van der Waals surface area contributed by atoms with Gasteiger partial charge < -0.3 is 5.32 Å². The van der Waals surface area contributed by atoms with Gasteiger partial charge in [-0.05, 0) is 25.0 Å². The number of hydrogen-bond acceptors (Lipinski definition) is 1. The average molecular weight is 245 g/mol. The molecule has 1 aromatic rings. The summed E-state index contributed by atoms with van der Waals surface area (Å²) in [5.74, 6) is -5.10. The second kappa shape index (κ2) is 5.70. The van der Waals surface area contributed by atoms with Gasteiger partial charge in [-0.1, -0.05) is 13.8 Å². The summed E-state index contributed by atoms with van der Waals surface area (Å²) < 4.78 is 38.9. The van der Waals surface area contributed by atoms with Gasteiger partial charge in [0.1, 0.15) is 0 Å². The van der Waals surface area contributed by atoms with E-state index in [4.69, 9.17) is 0 Å². The van der Waals surface area contributed by atoms with Gasteiger partial charge in [0, 0.05) is 6.04 Å². The first kappa shape index (κ1) is 13.5. The minimum Gasteiger partial charge on any atom is -0.349 e. The van der Waals surface area contributed by atoms with Crippen LogP contribution in [0.2, 0.25) is 0 Å². The van der Waals surface area contributed by atoms with Crippen LogP contribution in [0, 0.1) is 17.5 Å². The maximum Gasteiger partial charge on any atom is 0.254 e. The summed E-state index contributed by atoms with van der Waals surface area (Å²) >= 11 is 0. The molecule has 0 aliphatic rings. The largest absolute Gasteiger partial charge is 0.349 e. The summed E-state index contributed by atoms with van der Waals surface area (Å²) in [6.07, 6.45) is 1.38. The molecular weight excluding hydrogens is 231 g/mol. The molecule has 17 heavy (non-hydrogen) atoms. The Morgan fingerprint density at radius 2 is 1.76 bits per heavy atom. The number of carbonyl (C=O) groups excluding carboxylic acids is 1. The van der Waals surface area contributed by atoms with Gasteiger partial charge in [-0.2, -0.15) is 0 Å². The van der Waals surface area contributed by atoms with Crippen LogP contribution in [0.15, 0.2) is 12.1 Å². The predicted octanol–water partition coefficient (Wildman–Crippen LogP) is 3.02. The highest BCUT2D eigenvalue weighted by molar-refractivity contribution is 5.94. The third-order valence-corrected chi connectivity index (χ3v) is 2.60. The third-order valence-electron chi connectivity index (χ3n) is 2.60. The first-order valence-corrected chi connectivity index (χ1v) is 5.45. The van der Waals surface area contributed by atoms with Crippen molar-refractivity contribution in [3.63, 3.8) is 0 Å². The zero-order valence-electron chi connectivity index (χ0n) is 9.69. The molecule has 0 fully saturated rings. The topological polar surface area (TPSA) is 29.1 Å². The standard InChI is InChI=1S/C12H14F3NO/c1-3-7(4-2)16-12(17)8-5-6-9(13)11(15)10(8)14/h5-7H,3-4H2,1-2H3,(H,16,17). The Balaban J connectivity index is 2.93. The van der Waals surface area contributed by atoms with E-state index in [1.807, 2.05) is 13.8 Å². The molecule has 0 bridgehead atoms. The van der Waals surface area contributed by atoms with Crippen molar-refractivity contribution < 1.29 is 18.0 Å². The highest BCUT2D eigenvalue weighted by Gasteiger charge is 2.19. The Bertz CT molecular complexity index is 416. The number of amides is 1. The smallest absolute Gasteiger partial charge is 0.254 e. The lowest BCUT2D eigenvalue weighted by Crippen LogP contribution is -2.34. The van der Waals surface area contributed by atoms with Gasteiger partial charge in [0.2, 0.25) is 0 Å². The fourth-order valence-electron chi connectivity index (χ4n) is 1.46. The molecule has 0 heterocycles. The summed E-state index contributed by atoms with van der Waals surface area (Å²) in [5, 5.41) is 2.55. The Morgan fingerprint density at radius 1 is 1.18 bits per heavy atom. The molecule has 0 aliphatic carbocycles. The van der Waals surface area contributed by atoms with Crippen LogP contribution in [-0.4, -0.2) is 11.9 Å². The van der Waals surface area contributed by atoms with E-state index in [-0.39, 0.29) is 6.04 Å². The van der Waals surface area contributed by atoms with Gasteiger partial charge in [-0.25, -0.2) is 13.2 Å². The van der Waals surface area contributed by atoms with Crippen molar-refractivity contribution in [2.75, 3.05) is 0 Å². The van der Waals surface area contributed by atoms with Crippen molar-refractivity contribution in [3.8, 4) is 0 Å². The Hall–Kier alpha value is -1.52. The van der Waals surface area contributed by atoms with E-state index in [2.05, 4.69) is 5.32 Å². The van der Waals surface area contributed by atoms with Crippen molar-refractivity contribution in [1.82, 2.24) is 5.32 Å². The average Bonchev–Trinajstić information content (AvgIpc) is 2.32. The third kappa shape index (κ3) is 2.99. The van der Waals surface area contributed by atoms with E-state index >= 15 is 0 Å². The molecule has 94 valence electrons. The van der Waals surface area contributed by atoms with Gasteiger partial charge in [0.15, 0.2) is 17.5 Å².